The van der Waals surface area contributed by atoms with Crippen LogP contribution < -0.4 is 5.32 Å². The summed E-state index contributed by atoms with van der Waals surface area (Å²) in [6.45, 7) is 3.85. The van der Waals surface area contributed by atoms with Crippen LogP contribution in [-0.4, -0.2) is 19.9 Å². The van der Waals surface area contributed by atoms with Crippen molar-refractivity contribution < 1.29 is 0 Å². The Balaban J connectivity index is 2.25. The molecule has 0 saturated carbocycles. The first-order valence-electron chi connectivity index (χ1n) is 4.59. The molecule has 0 unspecified atom stereocenters. The lowest BCUT2D eigenvalue weighted by molar-refractivity contribution is 1.05. The first kappa shape index (κ1) is 9.51. The minimum Gasteiger partial charge on any atom is -0.307 e. The van der Waals surface area contributed by atoms with Crippen molar-refractivity contribution >= 4 is 11.8 Å². The molecule has 2 aromatic heterocycles. The molecule has 0 bridgehead atoms. The number of nitrogens with one attached hydrogen (secondary N) is 1. The van der Waals surface area contributed by atoms with Crippen molar-refractivity contribution in [1.29, 1.82) is 0 Å². The number of nitrogens with zero attached hydrogens (tertiary/aromatic N) is 4. The topological polar surface area (TPSA) is 63.6 Å². The fraction of sp³-hybridized carbons (Fsp3) is 0.200. The van der Waals surface area contributed by atoms with Crippen LogP contribution in [0.3, 0.4) is 0 Å². The molecule has 2 heterocycles. The van der Waals surface area contributed by atoms with Crippen LogP contribution in [0.25, 0.3) is 0 Å². The third kappa shape index (κ3) is 2.46. The summed E-state index contributed by atoms with van der Waals surface area (Å²) in [6.07, 6.45) is 4.86. The Hall–Kier alpha value is -2.04. The van der Waals surface area contributed by atoms with E-state index in [1.807, 2.05) is 19.9 Å². The van der Waals surface area contributed by atoms with Gasteiger partial charge in [0.1, 0.15) is 0 Å². The van der Waals surface area contributed by atoms with Gasteiger partial charge in [-0.3, -0.25) is 4.98 Å². The number of anilines is 2. The molecule has 0 spiro atoms. The van der Waals surface area contributed by atoms with E-state index in [-0.39, 0.29) is 0 Å². The first-order valence-corrected chi connectivity index (χ1v) is 4.59. The van der Waals surface area contributed by atoms with Crippen molar-refractivity contribution in [3.8, 4) is 0 Å². The van der Waals surface area contributed by atoms with E-state index < -0.39 is 0 Å². The summed E-state index contributed by atoms with van der Waals surface area (Å²) in [7, 11) is 0. The number of aryl methyl sites for hydroxylation is 2. The van der Waals surface area contributed by atoms with Gasteiger partial charge in [-0.05, 0) is 19.9 Å². The Labute approximate surface area is 87.6 Å². The van der Waals surface area contributed by atoms with E-state index in [9.17, 15) is 0 Å². The Morgan fingerprint density at radius 3 is 2.40 bits per heavy atom. The largest absolute Gasteiger partial charge is 0.307 e. The molecule has 0 aliphatic rings. The molecular formula is C10H11N5. The highest BCUT2D eigenvalue weighted by atomic mass is 15.1. The van der Waals surface area contributed by atoms with E-state index in [1.165, 1.54) is 0 Å². The van der Waals surface area contributed by atoms with Crippen molar-refractivity contribution in [3.05, 3.63) is 36.0 Å². The van der Waals surface area contributed by atoms with Crippen molar-refractivity contribution in [1.82, 2.24) is 19.9 Å². The van der Waals surface area contributed by atoms with E-state index in [0.29, 0.717) is 11.8 Å². The summed E-state index contributed by atoms with van der Waals surface area (Å²) in [5, 5.41) is 2.99. The molecule has 0 atom stereocenters. The predicted molar refractivity (Wildman–Crippen MR) is 56.8 cm³/mol. The summed E-state index contributed by atoms with van der Waals surface area (Å²) in [6, 6.07) is 1.92. The molecule has 0 aliphatic carbocycles. The average molecular weight is 201 g/mol. The van der Waals surface area contributed by atoms with Crippen molar-refractivity contribution in [3.63, 3.8) is 0 Å². The normalized spacial score (nSPS) is 10.0. The standard InChI is InChI=1S/C10H11N5/c1-7-5-8(2)14-10(13-7)15-9-6-11-3-4-12-9/h3-6H,1-2H3,(H,12,13,14,15). The highest BCUT2D eigenvalue weighted by Crippen LogP contribution is 2.09. The van der Waals surface area contributed by atoms with Gasteiger partial charge in [0.05, 0.1) is 6.20 Å². The minimum atomic E-state index is 0.549. The summed E-state index contributed by atoms with van der Waals surface area (Å²) in [5.74, 6) is 1.19. The highest BCUT2D eigenvalue weighted by Gasteiger charge is 2.00. The lowest BCUT2D eigenvalue weighted by Gasteiger charge is -2.04. The molecule has 1 N–H and O–H groups in total. The molecule has 0 saturated heterocycles. The molecule has 0 fully saturated rings. The number of hydrogen-bond acceptors (Lipinski definition) is 5. The van der Waals surface area contributed by atoms with Gasteiger partial charge in [-0.25, -0.2) is 15.0 Å². The lowest BCUT2D eigenvalue weighted by atomic mass is 10.4. The fourth-order valence-corrected chi connectivity index (χ4v) is 1.26. The maximum atomic E-state index is 4.24. The van der Waals surface area contributed by atoms with Crippen LogP contribution in [0, 0.1) is 13.8 Å². The van der Waals surface area contributed by atoms with Crippen LogP contribution >= 0.6 is 0 Å². The van der Waals surface area contributed by atoms with E-state index in [4.69, 9.17) is 0 Å². The zero-order valence-electron chi connectivity index (χ0n) is 8.60. The fourth-order valence-electron chi connectivity index (χ4n) is 1.26. The molecule has 0 aliphatic heterocycles. The molecule has 2 rings (SSSR count). The SMILES string of the molecule is Cc1cc(C)nc(Nc2cnccn2)n1. The van der Waals surface area contributed by atoms with Gasteiger partial charge in [0, 0.05) is 23.8 Å². The van der Waals surface area contributed by atoms with Gasteiger partial charge < -0.3 is 5.32 Å². The third-order valence-corrected chi connectivity index (χ3v) is 1.79. The minimum absolute atomic E-state index is 0.549. The maximum absolute atomic E-state index is 4.24. The second-order valence-electron chi connectivity index (χ2n) is 3.19. The Morgan fingerprint density at radius 1 is 1.07 bits per heavy atom. The summed E-state index contributed by atoms with van der Waals surface area (Å²) >= 11 is 0. The molecular weight excluding hydrogens is 190 g/mol. The molecule has 0 radical (unpaired) electrons. The van der Waals surface area contributed by atoms with Gasteiger partial charge >= 0.3 is 0 Å². The zero-order valence-corrected chi connectivity index (χ0v) is 8.60. The second kappa shape index (κ2) is 4.00. The van der Waals surface area contributed by atoms with E-state index in [1.54, 1.807) is 18.6 Å². The monoisotopic (exact) mass is 201 g/mol. The summed E-state index contributed by atoms with van der Waals surface area (Å²) < 4.78 is 0. The number of hydrogen-bond donors (Lipinski definition) is 1. The van der Waals surface area contributed by atoms with Crippen LogP contribution in [0.15, 0.2) is 24.7 Å². The number of aromatic nitrogens is 4. The Morgan fingerprint density at radius 2 is 1.80 bits per heavy atom. The van der Waals surface area contributed by atoms with Gasteiger partial charge in [0.25, 0.3) is 0 Å². The van der Waals surface area contributed by atoms with E-state index >= 15 is 0 Å². The van der Waals surface area contributed by atoms with E-state index in [0.717, 1.165) is 11.4 Å². The first-order chi connectivity index (χ1) is 7.24. The van der Waals surface area contributed by atoms with Gasteiger partial charge in [-0.1, -0.05) is 0 Å². The van der Waals surface area contributed by atoms with Crippen LogP contribution in [0.5, 0.6) is 0 Å². The molecule has 76 valence electrons. The number of rotatable bonds is 2. The van der Waals surface area contributed by atoms with E-state index in [2.05, 4.69) is 25.3 Å². The predicted octanol–water partition coefficient (Wildman–Crippen LogP) is 1.63. The molecule has 0 aromatic carbocycles. The average Bonchev–Trinajstić information content (AvgIpc) is 2.17. The molecule has 5 nitrogen and oxygen atoms in total. The highest BCUT2D eigenvalue weighted by molar-refractivity contribution is 5.45. The zero-order chi connectivity index (χ0) is 10.7. The van der Waals surface area contributed by atoms with Crippen LogP contribution in [0.2, 0.25) is 0 Å². The van der Waals surface area contributed by atoms with Crippen LogP contribution in [0.4, 0.5) is 11.8 Å². The van der Waals surface area contributed by atoms with Gasteiger partial charge in [-0.15, -0.1) is 0 Å². The van der Waals surface area contributed by atoms with Gasteiger partial charge in [0.15, 0.2) is 5.82 Å². The van der Waals surface area contributed by atoms with Crippen LogP contribution in [-0.2, 0) is 0 Å². The third-order valence-electron chi connectivity index (χ3n) is 1.79. The molecule has 2 aromatic rings. The van der Waals surface area contributed by atoms with Gasteiger partial charge in [0.2, 0.25) is 5.95 Å². The summed E-state index contributed by atoms with van der Waals surface area (Å²) in [4.78, 5) is 16.5. The molecule has 15 heavy (non-hydrogen) atoms. The second-order valence-corrected chi connectivity index (χ2v) is 3.19. The Bertz CT molecular complexity index is 434. The van der Waals surface area contributed by atoms with Crippen molar-refractivity contribution in [2.75, 3.05) is 5.32 Å². The molecule has 5 heteroatoms. The molecule has 0 amide bonds. The van der Waals surface area contributed by atoms with Gasteiger partial charge in [-0.2, -0.15) is 0 Å². The maximum Gasteiger partial charge on any atom is 0.228 e. The quantitative estimate of drug-likeness (QED) is 0.800. The smallest absolute Gasteiger partial charge is 0.228 e. The lowest BCUT2D eigenvalue weighted by Crippen LogP contribution is -2.01. The summed E-state index contributed by atoms with van der Waals surface area (Å²) in [5.41, 5.74) is 1.85. The van der Waals surface area contributed by atoms with Crippen LogP contribution in [0.1, 0.15) is 11.4 Å². The van der Waals surface area contributed by atoms with Crippen molar-refractivity contribution in [2.24, 2.45) is 0 Å². The Kier molecular flexibility index (Phi) is 2.53. The van der Waals surface area contributed by atoms with Crippen molar-refractivity contribution in [2.45, 2.75) is 13.8 Å².